The molecule has 0 spiro atoms. The van der Waals surface area contributed by atoms with E-state index >= 15 is 0 Å². The second-order valence-corrected chi connectivity index (χ2v) is 8.62. The van der Waals surface area contributed by atoms with E-state index < -0.39 is 5.97 Å². The minimum atomic E-state index is -0.496. The Hall–Kier alpha value is -2.00. The predicted octanol–water partition coefficient (Wildman–Crippen LogP) is 2.90. The van der Waals surface area contributed by atoms with Crippen molar-refractivity contribution in [2.45, 2.75) is 6.42 Å². The standard InChI is InChI=1S/C19H16Br2N2O5/c1-27-14(24)8-28-17-12(20)4-9(5-13(17)21)7-22-23-18(25)15-10-2-3-11(6-10)16(15)19(23)26/h2-5,7,10-11,15-16H,6,8H2,1H3/t10-,11-,15-,16+/m0/s1. The molecule has 1 aromatic carbocycles. The average Bonchev–Trinajstić information content (AvgIpc) is 3.34. The molecule has 1 aromatic rings. The van der Waals surface area contributed by atoms with Crippen LogP contribution in [-0.4, -0.2) is 42.7 Å². The van der Waals surface area contributed by atoms with Crippen LogP contribution in [0.3, 0.4) is 0 Å². The first-order valence-corrected chi connectivity index (χ1v) is 10.3. The van der Waals surface area contributed by atoms with Crippen molar-refractivity contribution in [3.05, 3.63) is 38.8 Å². The second kappa shape index (κ2) is 7.44. The highest BCUT2D eigenvalue weighted by molar-refractivity contribution is 9.11. The first-order valence-electron chi connectivity index (χ1n) is 8.69. The second-order valence-electron chi connectivity index (χ2n) is 6.91. The highest BCUT2D eigenvalue weighted by Gasteiger charge is 2.59. The fourth-order valence-corrected chi connectivity index (χ4v) is 5.56. The predicted molar refractivity (Wildman–Crippen MR) is 107 cm³/mol. The Morgan fingerprint density at radius 3 is 2.29 bits per heavy atom. The summed E-state index contributed by atoms with van der Waals surface area (Å²) in [6, 6.07) is 3.44. The van der Waals surface area contributed by atoms with E-state index in [1.54, 1.807) is 12.1 Å². The van der Waals surface area contributed by atoms with Crippen molar-refractivity contribution in [3.8, 4) is 5.75 Å². The lowest BCUT2D eigenvalue weighted by atomic mass is 9.85. The van der Waals surface area contributed by atoms with Gasteiger partial charge < -0.3 is 9.47 Å². The Morgan fingerprint density at radius 1 is 1.18 bits per heavy atom. The molecule has 4 rings (SSSR count). The van der Waals surface area contributed by atoms with Crippen LogP contribution < -0.4 is 4.74 Å². The number of carbonyl (C=O) groups is 3. The maximum Gasteiger partial charge on any atom is 0.343 e. The van der Waals surface area contributed by atoms with Crippen LogP contribution in [0.1, 0.15) is 12.0 Å². The summed E-state index contributed by atoms with van der Waals surface area (Å²) in [5.74, 6) is -0.738. The van der Waals surface area contributed by atoms with Gasteiger partial charge in [-0.2, -0.15) is 10.1 Å². The zero-order valence-electron chi connectivity index (χ0n) is 14.8. The lowest BCUT2D eigenvalue weighted by Crippen LogP contribution is -2.28. The van der Waals surface area contributed by atoms with Crippen LogP contribution in [0.5, 0.6) is 5.75 Å². The smallest absolute Gasteiger partial charge is 0.343 e. The molecule has 9 heteroatoms. The number of rotatable bonds is 5. The van der Waals surface area contributed by atoms with E-state index in [0.717, 1.165) is 11.4 Å². The van der Waals surface area contributed by atoms with E-state index in [-0.39, 0.29) is 42.1 Å². The van der Waals surface area contributed by atoms with Gasteiger partial charge in [0.1, 0.15) is 5.75 Å². The average molecular weight is 512 g/mol. The first kappa shape index (κ1) is 19.3. The largest absolute Gasteiger partial charge is 0.480 e. The molecule has 0 N–H and O–H groups in total. The molecule has 28 heavy (non-hydrogen) atoms. The number of halogens is 2. The monoisotopic (exact) mass is 510 g/mol. The normalized spacial score (nSPS) is 27.8. The number of hydrogen-bond donors (Lipinski definition) is 0. The number of hydrogen-bond acceptors (Lipinski definition) is 6. The molecule has 7 nitrogen and oxygen atoms in total. The molecule has 0 radical (unpaired) electrons. The Labute approximate surface area is 178 Å². The van der Waals surface area contributed by atoms with Crippen LogP contribution in [0.4, 0.5) is 0 Å². The molecule has 0 aromatic heterocycles. The summed E-state index contributed by atoms with van der Waals surface area (Å²) < 4.78 is 11.2. The molecule has 2 bridgehead atoms. The Bertz CT molecular complexity index is 876. The zero-order valence-corrected chi connectivity index (χ0v) is 18.0. The fourth-order valence-electron chi connectivity index (χ4n) is 4.11. The maximum atomic E-state index is 12.6. The first-order chi connectivity index (χ1) is 13.4. The van der Waals surface area contributed by atoms with Crippen LogP contribution in [0.25, 0.3) is 0 Å². The van der Waals surface area contributed by atoms with Crippen molar-refractivity contribution < 1.29 is 23.9 Å². The summed E-state index contributed by atoms with van der Waals surface area (Å²) in [6.45, 7) is -0.225. The molecule has 0 unspecified atom stereocenters. The minimum absolute atomic E-state index is 0.154. The summed E-state index contributed by atoms with van der Waals surface area (Å²) in [4.78, 5) is 36.5. The van der Waals surface area contributed by atoms with Gasteiger partial charge >= 0.3 is 5.97 Å². The van der Waals surface area contributed by atoms with E-state index in [9.17, 15) is 14.4 Å². The molecule has 1 saturated carbocycles. The lowest BCUT2D eigenvalue weighted by molar-refractivity contribution is -0.143. The summed E-state index contributed by atoms with van der Waals surface area (Å²) in [7, 11) is 1.28. The van der Waals surface area contributed by atoms with Crippen LogP contribution in [0, 0.1) is 23.7 Å². The van der Waals surface area contributed by atoms with Crippen LogP contribution in [0.15, 0.2) is 38.3 Å². The highest BCUT2D eigenvalue weighted by Crippen LogP contribution is 2.52. The molecule has 1 saturated heterocycles. The number of carbonyl (C=O) groups excluding carboxylic acids is 3. The molecule has 4 atom stereocenters. The molecular weight excluding hydrogens is 496 g/mol. The molecule has 1 heterocycles. The van der Waals surface area contributed by atoms with Crippen LogP contribution in [0.2, 0.25) is 0 Å². The molecular formula is C19H16Br2N2O5. The van der Waals surface area contributed by atoms with Crippen molar-refractivity contribution >= 4 is 55.9 Å². The fraction of sp³-hybridized carbons (Fsp3) is 0.368. The quantitative estimate of drug-likeness (QED) is 0.262. The number of fused-ring (bicyclic) bond motifs is 5. The minimum Gasteiger partial charge on any atom is -0.480 e. The van der Waals surface area contributed by atoms with Crippen molar-refractivity contribution in [2.24, 2.45) is 28.8 Å². The van der Waals surface area contributed by atoms with Crippen LogP contribution in [-0.2, 0) is 19.1 Å². The van der Waals surface area contributed by atoms with Gasteiger partial charge in [0.2, 0.25) is 0 Å². The van der Waals surface area contributed by atoms with Gasteiger partial charge in [-0.15, -0.1) is 0 Å². The van der Waals surface area contributed by atoms with Crippen molar-refractivity contribution in [3.63, 3.8) is 0 Å². The number of imide groups is 1. The van der Waals surface area contributed by atoms with E-state index in [1.807, 2.05) is 12.2 Å². The number of methoxy groups -OCH3 is 1. The van der Waals surface area contributed by atoms with Crippen molar-refractivity contribution in [2.75, 3.05) is 13.7 Å². The summed E-state index contributed by atoms with van der Waals surface area (Å²) >= 11 is 6.77. The van der Waals surface area contributed by atoms with E-state index in [1.165, 1.54) is 13.3 Å². The van der Waals surface area contributed by atoms with E-state index in [4.69, 9.17) is 4.74 Å². The van der Waals surface area contributed by atoms with Gasteiger partial charge in [0.15, 0.2) is 6.61 Å². The van der Waals surface area contributed by atoms with Crippen molar-refractivity contribution in [1.29, 1.82) is 0 Å². The third kappa shape index (κ3) is 3.20. The molecule has 2 amide bonds. The Kier molecular flexibility index (Phi) is 5.13. The van der Waals surface area contributed by atoms with Gasteiger partial charge in [0, 0.05) is 0 Å². The summed E-state index contributed by atoms with van der Waals surface area (Å²) in [5.41, 5.74) is 0.655. The Balaban J connectivity index is 1.50. The molecule has 3 aliphatic rings. The number of ether oxygens (including phenoxy) is 2. The van der Waals surface area contributed by atoms with Gasteiger partial charge in [-0.05, 0) is 67.8 Å². The number of nitrogens with zero attached hydrogens (tertiary/aromatic N) is 2. The van der Waals surface area contributed by atoms with Gasteiger partial charge in [-0.1, -0.05) is 12.2 Å². The van der Waals surface area contributed by atoms with E-state index in [2.05, 4.69) is 41.7 Å². The van der Waals surface area contributed by atoms with Gasteiger partial charge in [0.25, 0.3) is 11.8 Å². The lowest BCUT2D eigenvalue weighted by Gasteiger charge is -2.13. The number of hydrazone groups is 1. The summed E-state index contributed by atoms with van der Waals surface area (Å²) in [6.07, 6.45) is 6.44. The number of benzene rings is 1. The number of allylic oxidation sites excluding steroid dienone is 2. The molecule has 2 aliphatic carbocycles. The Morgan fingerprint density at radius 2 is 1.75 bits per heavy atom. The highest BCUT2D eigenvalue weighted by atomic mass is 79.9. The molecule has 2 fully saturated rings. The third-order valence-corrected chi connectivity index (χ3v) is 6.53. The third-order valence-electron chi connectivity index (χ3n) is 5.35. The van der Waals surface area contributed by atoms with Gasteiger partial charge in [-0.25, -0.2) is 4.79 Å². The molecule has 146 valence electrons. The maximum absolute atomic E-state index is 12.6. The summed E-state index contributed by atoms with van der Waals surface area (Å²) in [5, 5.41) is 5.16. The number of esters is 1. The number of amides is 2. The van der Waals surface area contributed by atoms with Gasteiger partial charge in [-0.3, -0.25) is 9.59 Å². The van der Waals surface area contributed by atoms with Crippen molar-refractivity contribution in [1.82, 2.24) is 5.01 Å². The SMILES string of the molecule is COC(=O)COc1c(Br)cc(C=NN2C(=O)[C@@H]3[C@H](C2=O)[C@H]2C=C[C@H]3C2)cc1Br. The zero-order chi connectivity index (χ0) is 20.0. The van der Waals surface area contributed by atoms with Crippen LogP contribution >= 0.6 is 31.9 Å². The topological polar surface area (TPSA) is 85.3 Å². The van der Waals surface area contributed by atoms with E-state index in [0.29, 0.717) is 20.3 Å². The molecule has 1 aliphatic heterocycles. The van der Waals surface area contributed by atoms with Gasteiger partial charge in [0.05, 0.1) is 34.1 Å².